The first-order chi connectivity index (χ1) is 26.3. The van der Waals surface area contributed by atoms with Crippen LogP contribution >= 0.6 is 0 Å². The molecule has 0 atom stereocenters. The van der Waals surface area contributed by atoms with Crippen LogP contribution in [0, 0.1) is 0 Å². The maximum absolute atomic E-state index is 6.51. The summed E-state index contributed by atoms with van der Waals surface area (Å²) in [7, 11) is 0. The van der Waals surface area contributed by atoms with E-state index in [4.69, 9.17) is 9.40 Å². The quantitative estimate of drug-likeness (QED) is 0.137. The molecule has 0 aliphatic heterocycles. The van der Waals surface area contributed by atoms with E-state index in [-0.39, 0.29) is 0 Å². The molecular formula is C51H31NO. The van der Waals surface area contributed by atoms with Gasteiger partial charge in [0.25, 0.3) is 0 Å². The summed E-state index contributed by atoms with van der Waals surface area (Å²) in [6.07, 6.45) is 0. The normalized spacial score (nSPS) is 11.8. The predicted molar refractivity (Wildman–Crippen MR) is 223 cm³/mol. The lowest BCUT2D eigenvalue weighted by Gasteiger charge is -2.19. The van der Waals surface area contributed by atoms with Gasteiger partial charge in [0.1, 0.15) is 5.52 Å². The fourth-order valence-corrected chi connectivity index (χ4v) is 8.44. The third-order valence-electron chi connectivity index (χ3n) is 10.8. The van der Waals surface area contributed by atoms with Gasteiger partial charge in [0, 0.05) is 10.9 Å². The lowest BCUT2D eigenvalue weighted by atomic mass is 9.84. The molecule has 2 nitrogen and oxygen atoms in total. The van der Waals surface area contributed by atoms with Gasteiger partial charge in [-0.1, -0.05) is 158 Å². The number of rotatable bonds is 4. The van der Waals surface area contributed by atoms with Gasteiger partial charge in [-0.15, -0.1) is 0 Å². The Morgan fingerprint density at radius 3 is 1.60 bits per heavy atom. The second-order valence-corrected chi connectivity index (χ2v) is 13.8. The summed E-state index contributed by atoms with van der Waals surface area (Å²) < 4.78 is 6.51. The van der Waals surface area contributed by atoms with Gasteiger partial charge in [0.05, 0.1) is 0 Å². The molecule has 246 valence electrons. The van der Waals surface area contributed by atoms with Gasteiger partial charge >= 0.3 is 0 Å². The molecule has 0 radical (unpaired) electrons. The Labute approximate surface area is 306 Å². The van der Waals surface area contributed by atoms with Crippen LogP contribution in [0.5, 0.6) is 0 Å². The summed E-state index contributed by atoms with van der Waals surface area (Å²) in [6, 6.07) is 67.7. The van der Waals surface area contributed by atoms with E-state index in [0.29, 0.717) is 5.89 Å². The smallest absolute Gasteiger partial charge is 0.227 e. The van der Waals surface area contributed by atoms with Crippen LogP contribution in [0.15, 0.2) is 192 Å². The molecule has 0 aliphatic carbocycles. The summed E-state index contributed by atoms with van der Waals surface area (Å²) in [5.74, 6) is 0.641. The van der Waals surface area contributed by atoms with Crippen molar-refractivity contribution < 1.29 is 4.42 Å². The standard InChI is InChI=1S/C51H31NO/c1-3-12-32(13-4-1)39-21-11-16-33-22-25-38(31-45(33)39)48-43-19-9-7-17-41(43)47(42-18-8-10-20-44(42)48)37-26-28-40-36(30-37)24-23-34-27-29-46-50(49(34)40)53-51(52-46)35-14-5-2-6-15-35/h1-31H. The van der Waals surface area contributed by atoms with Gasteiger partial charge in [-0.05, 0) is 112 Å². The Morgan fingerprint density at radius 2 is 0.906 bits per heavy atom. The van der Waals surface area contributed by atoms with Gasteiger partial charge in [-0.25, -0.2) is 4.98 Å². The SMILES string of the molecule is c1ccc(-c2nc3ccc4ccc5cc(-c6c7ccccc7c(-c7ccc8cccc(-c9ccccc9)c8c7)c7ccccc67)ccc5c4c3o2)cc1. The third kappa shape index (κ3) is 4.70. The molecule has 1 heterocycles. The molecule has 10 aromatic carbocycles. The van der Waals surface area contributed by atoms with E-state index >= 15 is 0 Å². The maximum atomic E-state index is 6.51. The molecule has 0 saturated carbocycles. The largest absolute Gasteiger partial charge is 0.435 e. The predicted octanol–water partition coefficient (Wildman–Crippen LogP) is 14.3. The highest BCUT2D eigenvalue weighted by molar-refractivity contribution is 6.23. The van der Waals surface area contributed by atoms with Gasteiger partial charge in [0.2, 0.25) is 5.89 Å². The van der Waals surface area contributed by atoms with E-state index in [1.807, 2.05) is 30.3 Å². The molecule has 2 heteroatoms. The first-order valence-electron chi connectivity index (χ1n) is 18.1. The van der Waals surface area contributed by atoms with E-state index in [1.54, 1.807) is 0 Å². The number of hydrogen-bond acceptors (Lipinski definition) is 2. The van der Waals surface area contributed by atoms with E-state index in [1.165, 1.54) is 71.1 Å². The van der Waals surface area contributed by atoms with Crippen LogP contribution in [-0.2, 0) is 0 Å². The fourth-order valence-electron chi connectivity index (χ4n) is 8.44. The summed E-state index contributed by atoms with van der Waals surface area (Å²) in [5, 5.41) is 12.0. The summed E-state index contributed by atoms with van der Waals surface area (Å²) >= 11 is 0. The highest BCUT2D eigenvalue weighted by Crippen LogP contribution is 2.46. The van der Waals surface area contributed by atoms with Gasteiger partial charge in [-0.3, -0.25) is 0 Å². The molecular weight excluding hydrogens is 643 g/mol. The van der Waals surface area contributed by atoms with Crippen molar-refractivity contribution >= 4 is 65.0 Å². The van der Waals surface area contributed by atoms with Crippen LogP contribution in [0.2, 0.25) is 0 Å². The molecule has 0 amide bonds. The number of aromatic nitrogens is 1. The number of fused-ring (bicyclic) bond motifs is 8. The molecule has 0 N–H and O–H groups in total. The molecule has 0 spiro atoms. The minimum absolute atomic E-state index is 0.641. The van der Waals surface area contributed by atoms with Crippen LogP contribution in [0.1, 0.15) is 0 Å². The molecule has 0 unspecified atom stereocenters. The zero-order valence-corrected chi connectivity index (χ0v) is 28.8. The lowest BCUT2D eigenvalue weighted by molar-refractivity contribution is 0.623. The van der Waals surface area contributed by atoms with Crippen molar-refractivity contribution in [2.75, 3.05) is 0 Å². The zero-order chi connectivity index (χ0) is 34.9. The van der Waals surface area contributed by atoms with Crippen molar-refractivity contribution in [2.45, 2.75) is 0 Å². The van der Waals surface area contributed by atoms with Crippen LogP contribution in [0.25, 0.3) is 110 Å². The van der Waals surface area contributed by atoms with Crippen molar-refractivity contribution in [3.63, 3.8) is 0 Å². The van der Waals surface area contributed by atoms with E-state index in [0.717, 1.165) is 32.8 Å². The Kier molecular flexibility index (Phi) is 6.59. The number of benzene rings is 10. The first kappa shape index (κ1) is 29.7. The molecule has 0 aliphatic rings. The maximum Gasteiger partial charge on any atom is 0.227 e. The van der Waals surface area contributed by atoms with Gasteiger partial charge < -0.3 is 4.42 Å². The number of hydrogen-bond donors (Lipinski definition) is 0. The first-order valence-corrected chi connectivity index (χ1v) is 18.1. The van der Waals surface area contributed by atoms with Crippen molar-refractivity contribution in [3.05, 3.63) is 188 Å². The second-order valence-electron chi connectivity index (χ2n) is 13.8. The second kappa shape index (κ2) is 11.8. The van der Waals surface area contributed by atoms with Crippen molar-refractivity contribution in [2.24, 2.45) is 0 Å². The Balaban J connectivity index is 1.13. The minimum Gasteiger partial charge on any atom is -0.435 e. The van der Waals surface area contributed by atoms with Gasteiger partial charge in [0.15, 0.2) is 5.58 Å². The Bertz CT molecular complexity index is 3160. The summed E-state index contributed by atoms with van der Waals surface area (Å²) in [4.78, 5) is 4.88. The molecule has 11 aromatic rings. The highest BCUT2D eigenvalue weighted by atomic mass is 16.3. The molecule has 1 aromatic heterocycles. The van der Waals surface area contributed by atoms with Gasteiger partial charge in [-0.2, -0.15) is 0 Å². The van der Waals surface area contributed by atoms with Crippen LogP contribution in [-0.4, -0.2) is 4.98 Å². The van der Waals surface area contributed by atoms with Crippen molar-refractivity contribution in [3.8, 4) is 44.8 Å². The fraction of sp³-hybridized carbons (Fsp3) is 0. The van der Waals surface area contributed by atoms with E-state index < -0.39 is 0 Å². The van der Waals surface area contributed by atoms with Crippen LogP contribution in [0.4, 0.5) is 0 Å². The minimum atomic E-state index is 0.641. The third-order valence-corrected chi connectivity index (χ3v) is 10.8. The number of nitrogens with zero attached hydrogens (tertiary/aromatic N) is 1. The highest BCUT2D eigenvalue weighted by Gasteiger charge is 2.19. The average Bonchev–Trinajstić information content (AvgIpc) is 3.68. The molecule has 0 fully saturated rings. The monoisotopic (exact) mass is 673 g/mol. The van der Waals surface area contributed by atoms with Crippen molar-refractivity contribution in [1.29, 1.82) is 0 Å². The molecule has 0 bridgehead atoms. The summed E-state index contributed by atoms with van der Waals surface area (Å²) in [6.45, 7) is 0. The Morgan fingerprint density at radius 1 is 0.340 bits per heavy atom. The molecule has 0 saturated heterocycles. The van der Waals surface area contributed by atoms with E-state index in [2.05, 4.69) is 158 Å². The lowest BCUT2D eigenvalue weighted by Crippen LogP contribution is -1.91. The summed E-state index contributed by atoms with van der Waals surface area (Å²) in [5.41, 5.74) is 10.1. The average molecular weight is 674 g/mol. The van der Waals surface area contributed by atoms with Crippen LogP contribution in [0.3, 0.4) is 0 Å². The van der Waals surface area contributed by atoms with E-state index in [9.17, 15) is 0 Å². The number of oxazole rings is 1. The molecule has 53 heavy (non-hydrogen) atoms. The van der Waals surface area contributed by atoms with Crippen molar-refractivity contribution in [1.82, 2.24) is 4.98 Å². The molecule has 11 rings (SSSR count). The topological polar surface area (TPSA) is 26.0 Å². The zero-order valence-electron chi connectivity index (χ0n) is 28.8. The van der Waals surface area contributed by atoms with Crippen LogP contribution < -0.4 is 0 Å². The Hall–Kier alpha value is -7.03.